The van der Waals surface area contributed by atoms with Gasteiger partial charge in [-0.2, -0.15) is 0 Å². The van der Waals surface area contributed by atoms with Gasteiger partial charge in [-0.15, -0.1) is 5.10 Å². The van der Waals surface area contributed by atoms with Gasteiger partial charge >= 0.3 is 13.2 Å². The minimum atomic E-state index is -3.71. The van der Waals surface area contributed by atoms with Crippen molar-refractivity contribution in [1.82, 2.24) is 19.9 Å². The Kier molecular flexibility index (Phi) is 2.71. The summed E-state index contributed by atoms with van der Waals surface area (Å²) in [5, 5.41) is 7.34. The Balaban J connectivity index is 2.20. The van der Waals surface area contributed by atoms with Crippen molar-refractivity contribution in [3.8, 4) is 0 Å². The fourth-order valence-corrected chi connectivity index (χ4v) is 2.18. The number of amides is 1. The van der Waals surface area contributed by atoms with Gasteiger partial charge in [-0.25, -0.2) is 9.48 Å². The number of carbonyl (C=O) groups excluding carboxylic acids is 1. The van der Waals surface area contributed by atoms with E-state index in [0.717, 1.165) is 0 Å². The molecule has 150 valence electrons. The Morgan fingerprint density at radius 1 is 1.33 bits per heavy atom. The van der Waals surface area contributed by atoms with E-state index in [4.69, 9.17) is 27.8 Å². The predicted molar refractivity (Wildman–Crippen MR) is 102 cm³/mol. The number of piperidine rings is 1. The van der Waals surface area contributed by atoms with Crippen molar-refractivity contribution in [3.05, 3.63) is 6.17 Å². The molecule has 0 spiro atoms. The molecule has 0 saturated carbocycles. The molecule has 3 rings (SSSR count). The highest BCUT2D eigenvalue weighted by atomic mass is 16.7. The van der Waals surface area contributed by atoms with Gasteiger partial charge in [0, 0.05) is 30.1 Å². The summed E-state index contributed by atoms with van der Waals surface area (Å²) in [6, 6.07) is -3.59. The summed E-state index contributed by atoms with van der Waals surface area (Å²) < 4.78 is 102. The molecule has 1 aromatic rings. The number of aromatic nitrogens is 3. The maximum atomic E-state index is 12.9. The van der Waals surface area contributed by atoms with Gasteiger partial charge in [0.1, 0.15) is 11.2 Å². The van der Waals surface area contributed by atoms with Crippen LogP contribution in [0.25, 0.3) is 0 Å². The first-order valence-electron chi connectivity index (χ1n) is 13.5. The van der Waals surface area contributed by atoms with Gasteiger partial charge in [0.2, 0.25) is 0 Å². The van der Waals surface area contributed by atoms with E-state index in [0.29, 0.717) is 0 Å². The lowest BCUT2D eigenvalue weighted by molar-refractivity contribution is 0.00578. The third-order valence-corrected chi connectivity index (χ3v) is 4.30. The van der Waals surface area contributed by atoms with E-state index in [-0.39, 0.29) is 15.2 Å². The Bertz CT molecular complexity index is 1060. The van der Waals surface area contributed by atoms with Crippen molar-refractivity contribution >= 4 is 18.8 Å². The molecule has 2 aliphatic heterocycles. The van der Waals surface area contributed by atoms with Gasteiger partial charge in [0.15, 0.2) is 0 Å². The molecule has 9 heteroatoms. The van der Waals surface area contributed by atoms with Crippen LogP contribution in [0.2, 0.25) is 0 Å². The molecule has 0 atom stereocenters. The maximum absolute atomic E-state index is 12.9. The van der Waals surface area contributed by atoms with Crippen LogP contribution < -0.4 is 5.59 Å². The van der Waals surface area contributed by atoms with Gasteiger partial charge in [-0.05, 0) is 61.2 Å². The topological polar surface area (TPSA) is 78.7 Å². The zero-order valence-electron chi connectivity index (χ0n) is 26.5. The van der Waals surface area contributed by atoms with Crippen LogP contribution in [0.3, 0.4) is 0 Å². The first-order chi connectivity index (χ1) is 16.2. The zero-order valence-corrected chi connectivity index (χ0v) is 16.5. The molecule has 2 saturated heterocycles. The van der Waals surface area contributed by atoms with Crippen molar-refractivity contribution in [2.24, 2.45) is 0 Å². The van der Waals surface area contributed by atoms with Gasteiger partial charge in [0.05, 0.1) is 20.0 Å². The van der Waals surface area contributed by atoms with Crippen LogP contribution in [-0.4, -0.2) is 62.9 Å². The Labute approximate surface area is 175 Å². The molecule has 0 aromatic carbocycles. The third-order valence-electron chi connectivity index (χ3n) is 4.30. The number of hydrogen-bond acceptors (Lipinski definition) is 6. The molecule has 2 aliphatic rings. The molecule has 0 N–H and O–H groups in total. The third kappa shape index (κ3) is 4.29. The number of likely N-dealkylation sites (tertiary alicyclic amines) is 1. The summed E-state index contributed by atoms with van der Waals surface area (Å²) in [5.74, 6) is 0. The monoisotopic (exact) mass is 388 g/mol. The first kappa shape index (κ1) is 10.8. The van der Waals surface area contributed by atoms with Gasteiger partial charge in [0.25, 0.3) is 0 Å². The lowest BCUT2D eigenvalue weighted by Gasteiger charge is -2.33. The zero-order chi connectivity index (χ0) is 29.0. The molecule has 0 aliphatic carbocycles. The molecule has 3 heterocycles. The normalized spacial score (nSPS) is 37.0. The summed E-state index contributed by atoms with van der Waals surface area (Å²) in [4.78, 5) is 12.5. The van der Waals surface area contributed by atoms with Crippen molar-refractivity contribution in [1.29, 1.82) is 0 Å². The fourth-order valence-electron chi connectivity index (χ4n) is 2.18. The number of ether oxygens (including phenoxy) is 1. The highest BCUT2D eigenvalue weighted by Gasteiger charge is 2.53. The number of carbonyl (C=O) groups is 1. The van der Waals surface area contributed by atoms with Crippen molar-refractivity contribution in [2.45, 2.75) is 84.0 Å². The van der Waals surface area contributed by atoms with Crippen LogP contribution in [0, 0.1) is 0 Å². The summed E-state index contributed by atoms with van der Waals surface area (Å²) in [7, 11) is -1.30. The molecule has 1 aromatic heterocycles. The highest BCUT2D eigenvalue weighted by Crippen LogP contribution is 2.36. The van der Waals surface area contributed by atoms with Crippen LogP contribution in [-0.2, 0) is 14.0 Å². The maximum Gasteiger partial charge on any atom is 0.518 e. The standard InChI is InChI=1S/C18H31BN4O4/c1-16(2,3)25-15(24)22-10-8-13(9-11-22)23-12-14(20-21-23)19-26-17(4,5)18(6,7)27-19/h12-13H,8-11H2,1-7H3/i8D2,9D2,10D2,11D2,12D,13D. The largest absolute Gasteiger partial charge is 0.518 e. The van der Waals surface area contributed by atoms with Gasteiger partial charge in [-0.3, -0.25) is 0 Å². The number of rotatable bonds is 2. The van der Waals surface area contributed by atoms with E-state index < -0.39 is 67.9 Å². The highest BCUT2D eigenvalue weighted by molar-refractivity contribution is 6.61. The Hall–Kier alpha value is -1.61. The second kappa shape index (κ2) is 6.77. The summed E-state index contributed by atoms with van der Waals surface area (Å²) in [6.07, 6.45) is -9.93. The summed E-state index contributed by atoms with van der Waals surface area (Å²) in [5.41, 5.74) is -3.34. The smallest absolute Gasteiger partial charge is 0.444 e. The molecule has 1 amide bonds. The van der Waals surface area contributed by atoms with Crippen LogP contribution in [0.1, 0.15) is 80.9 Å². The quantitative estimate of drug-likeness (QED) is 0.723. The molecule has 2 fully saturated rings. The van der Waals surface area contributed by atoms with E-state index in [9.17, 15) is 4.79 Å². The molecule has 8 nitrogen and oxygen atoms in total. The van der Waals surface area contributed by atoms with E-state index in [1.165, 1.54) is 20.8 Å². The fraction of sp³-hybridized carbons (Fsp3) is 0.833. The SMILES string of the molecule is [2H]c1c(B2OC(C)(C)C(C)(C)O2)nnn1C1([2H])C([2H])([2H])C([2H])([2H])N(C(=O)OC(C)(C)C)C([2H])([2H])C1([2H])[2H]. The Morgan fingerprint density at radius 2 is 1.89 bits per heavy atom. The molecular formula is C18H31BN4O4. The van der Waals surface area contributed by atoms with E-state index in [1.807, 2.05) is 0 Å². The molecule has 0 radical (unpaired) electrons. The van der Waals surface area contributed by atoms with Crippen LogP contribution in [0.4, 0.5) is 4.79 Å². The lowest BCUT2D eigenvalue weighted by Crippen LogP contribution is -2.42. The minimum absolute atomic E-state index is 0.162. The molecule has 0 bridgehead atoms. The van der Waals surface area contributed by atoms with Crippen LogP contribution in [0.15, 0.2) is 6.17 Å². The van der Waals surface area contributed by atoms with Crippen molar-refractivity contribution < 1.29 is 32.5 Å². The van der Waals surface area contributed by atoms with Crippen molar-refractivity contribution in [3.63, 3.8) is 0 Å². The molecule has 0 unspecified atom stereocenters. The Morgan fingerprint density at radius 3 is 2.41 bits per heavy atom. The minimum Gasteiger partial charge on any atom is -0.444 e. The average Bonchev–Trinajstić information content (AvgIpc) is 3.13. The summed E-state index contributed by atoms with van der Waals surface area (Å²) in [6.45, 7) is 3.81. The first-order valence-corrected chi connectivity index (χ1v) is 8.52. The second-order valence-electron chi connectivity index (χ2n) is 8.22. The van der Waals surface area contributed by atoms with E-state index in [1.54, 1.807) is 27.7 Å². The van der Waals surface area contributed by atoms with Crippen LogP contribution >= 0.6 is 0 Å². The molecular weight excluding hydrogens is 347 g/mol. The summed E-state index contributed by atoms with van der Waals surface area (Å²) >= 11 is 0. The predicted octanol–water partition coefficient (Wildman–Crippen LogP) is 2.15. The molecule has 27 heavy (non-hydrogen) atoms. The van der Waals surface area contributed by atoms with E-state index in [2.05, 4.69) is 10.3 Å². The van der Waals surface area contributed by atoms with E-state index >= 15 is 0 Å². The van der Waals surface area contributed by atoms with Crippen LogP contribution in [0.5, 0.6) is 0 Å². The average molecular weight is 388 g/mol. The van der Waals surface area contributed by atoms with Crippen molar-refractivity contribution in [2.75, 3.05) is 13.0 Å². The number of nitrogens with zero attached hydrogens (tertiary/aromatic N) is 4. The van der Waals surface area contributed by atoms with Gasteiger partial charge in [-0.1, -0.05) is 5.21 Å². The lowest BCUT2D eigenvalue weighted by atomic mass is 9.86. The number of hydrogen-bond donors (Lipinski definition) is 0. The van der Waals surface area contributed by atoms with Gasteiger partial charge < -0.3 is 18.9 Å². The second-order valence-corrected chi connectivity index (χ2v) is 8.22.